The lowest BCUT2D eigenvalue weighted by molar-refractivity contribution is -0.115. The van der Waals surface area contributed by atoms with Gasteiger partial charge in [-0.1, -0.05) is 18.5 Å². The first-order chi connectivity index (χ1) is 7.69. The molecule has 0 spiro atoms. The van der Waals surface area contributed by atoms with Crippen molar-refractivity contribution in [2.24, 2.45) is 0 Å². The zero-order valence-corrected chi connectivity index (χ0v) is 9.45. The summed E-state index contributed by atoms with van der Waals surface area (Å²) in [4.78, 5) is 19.3. The number of nitrogens with zero attached hydrogens (tertiary/aromatic N) is 2. The zero-order valence-electron chi connectivity index (χ0n) is 8.70. The van der Waals surface area contributed by atoms with Crippen LogP contribution in [-0.4, -0.2) is 15.9 Å². The lowest BCUT2D eigenvalue weighted by atomic mass is 10.2. The van der Waals surface area contributed by atoms with Crippen LogP contribution in [0.15, 0.2) is 24.5 Å². The van der Waals surface area contributed by atoms with Gasteiger partial charge in [0.2, 0.25) is 5.91 Å². The van der Waals surface area contributed by atoms with Crippen molar-refractivity contribution in [1.82, 2.24) is 9.97 Å². The second-order valence-electron chi connectivity index (χ2n) is 3.33. The summed E-state index contributed by atoms with van der Waals surface area (Å²) in [6.45, 7) is 1.79. The van der Waals surface area contributed by atoms with Gasteiger partial charge in [-0.3, -0.25) is 4.79 Å². The summed E-state index contributed by atoms with van der Waals surface area (Å²) < 4.78 is 0. The minimum absolute atomic E-state index is 0.0613. The van der Waals surface area contributed by atoms with Crippen LogP contribution in [0.2, 0.25) is 5.15 Å². The van der Waals surface area contributed by atoms with Gasteiger partial charge in [0, 0.05) is 29.6 Å². The van der Waals surface area contributed by atoms with Crippen molar-refractivity contribution in [3.8, 4) is 0 Å². The summed E-state index contributed by atoms with van der Waals surface area (Å²) in [5, 5.41) is 4.91. The first-order valence-electron chi connectivity index (χ1n) is 4.90. The molecular formula is C11H10ClN3O. The van der Waals surface area contributed by atoms with Crippen LogP contribution in [0.4, 0.5) is 5.82 Å². The van der Waals surface area contributed by atoms with Crippen LogP contribution in [0.3, 0.4) is 0 Å². The SMILES string of the molecule is CCC(=O)Nc1cc2cnc(Cl)cc2cn1. The summed E-state index contributed by atoms with van der Waals surface area (Å²) in [5.74, 6) is 0.470. The molecule has 0 aromatic carbocycles. The summed E-state index contributed by atoms with van der Waals surface area (Å²) in [5.41, 5.74) is 0. The van der Waals surface area contributed by atoms with Crippen LogP contribution < -0.4 is 5.32 Å². The Morgan fingerprint density at radius 3 is 2.75 bits per heavy atom. The fraction of sp³-hybridized carbons (Fsp3) is 0.182. The third-order valence-electron chi connectivity index (χ3n) is 2.16. The molecule has 1 N–H and O–H groups in total. The van der Waals surface area contributed by atoms with Crippen LogP contribution in [-0.2, 0) is 4.79 Å². The van der Waals surface area contributed by atoms with E-state index in [1.807, 2.05) is 0 Å². The maximum absolute atomic E-state index is 11.2. The number of aromatic nitrogens is 2. The molecule has 0 aliphatic heterocycles. The number of hydrogen-bond acceptors (Lipinski definition) is 3. The van der Waals surface area contributed by atoms with Gasteiger partial charge in [-0.2, -0.15) is 0 Å². The molecule has 0 aliphatic rings. The van der Waals surface area contributed by atoms with Crippen molar-refractivity contribution in [3.63, 3.8) is 0 Å². The van der Waals surface area contributed by atoms with Gasteiger partial charge >= 0.3 is 0 Å². The molecule has 16 heavy (non-hydrogen) atoms. The predicted molar refractivity (Wildman–Crippen MR) is 63.5 cm³/mol. The van der Waals surface area contributed by atoms with Crippen molar-refractivity contribution in [3.05, 3.63) is 29.7 Å². The van der Waals surface area contributed by atoms with Crippen LogP contribution in [0.25, 0.3) is 10.8 Å². The molecule has 0 atom stereocenters. The average molecular weight is 236 g/mol. The minimum Gasteiger partial charge on any atom is -0.311 e. The molecule has 2 aromatic rings. The van der Waals surface area contributed by atoms with Gasteiger partial charge in [-0.25, -0.2) is 9.97 Å². The molecule has 0 saturated carbocycles. The van der Waals surface area contributed by atoms with Crippen LogP contribution >= 0.6 is 11.6 Å². The van der Waals surface area contributed by atoms with Crippen LogP contribution in [0, 0.1) is 0 Å². The molecule has 0 saturated heterocycles. The monoisotopic (exact) mass is 235 g/mol. The molecule has 0 unspecified atom stereocenters. The Kier molecular flexibility index (Phi) is 3.01. The predicted octanol–water partition coefficient (Wildman–Crippen LogP) is 2.63. The van der Waals surface area contributed by atoms with Gasteiger partial charge in [-0.05, 0) is 12.1 Å². The average Bonchev–Trinajstić information content (AvgIpc) is 2.29. The van der Waals surface area contributed by atoms with Gasteiger partial charge in [0.05, 0.1) is 0 Å². The van der Waals surface area contributed by atoms with Gasteiger partial charge in [0.15, 0.2) is 0 Å². The molecule has 2 aromatic heterocycles. The topological polar surface area (TPSA) is 54.9 Å². The van der Waals surface area contributed by atoms with Crippen molar-refractivity contribution in [1.29, 1.82) is 0 Å². The molecular weight excluding hydrogens is 226 g/mol. The fourth-order valence-electron chi connectivity index (χ4n) is 1.31. The van der Waals surface area contributed by atoms with E-state index in [9.17, 15) is 4.79 Å². The molecule has 0 radical (unpaired) electrons. The van der Waals surface area contributed by atoms with Crippen molar-refractivity contribution in [2.75, 3.05) is 5.32 Å². The van der Waals surface area contributed by atoms with E-state index in [1.165, 1.54) is 0 Å². The molecule has 2 rings (SSSR count). The number of rotatable bonds is 2. The normalized spacial score (nSPS) is 10.4. The van der Waals surface area contributed by atoms with E-state index in [0.29, 0.717) is 17.4 Å². The van der Waals surface area contributed by atoms with Crippen molar-refractivity contribution < 1.29 is 4.79 Å². The van der Waals surface area contributed by atoms with E-state index in [-0.39, 0.29) is 5.91 Å². The van der Waals surface area contributed by atoms with E-state index in [2.05, 4.69) is 15.3 Å². The lowest BCUT2D eigenvalue weighted by Gasteiger charge is -2.03. The highest BCUT2D eigenvalue weighted by atomic mass is 35.5. The number of pyridine rings is 2. The molecule has 2 heterocycles. The smallest absolute Gasteiger partial charge is 0.225 e. The Hall–Kier alpha value is -1.68. The van der Waals surface area contributed by atoms with E-state index >= 15 is 0 Å². The number of fused-ring (bicyclic) bond motifs is 1. The van der Waals surface area contributed by atoms with E-state index in [1.54, 1.807) is 31.5 Å². The Morgan fingerprint density at radius 1 is 1.31 bits per heavy atom. The Morgan fingerprint density at radius 2 is 2.00 bits per heavy atom. The molecule has 0 aliphatic carbocycles. The van der Waals surface area contributed by atoms with Crippen molar-refractivity contribution in [2.45, 2.75) is 13.3 Å². The number of nitrogens with one attached hydrogen (secondary N) is 1. The van der Waals surface area contributed by atoms with Gasteiger partial charge in [0.25, 0.3) is 0 Å². The maximum atomic E-state index is 11.2. The number of carbonyl (C=O) groups is 1. The Bertz CT molecular complexity index is 542. The third-order valence-corrected chi connectivity index (χ3v) is 2.37. The minimum atomic E-state index is -0.0613. The van der Waals surface area contributed by atoms with Gasteiger partial charge in [0.1, 0.15) is 11.0 Å². The first-order valence-corrected chi connectivity index (χ1v) is 5.28. The first kappa shape index (κ1) is 10.8. The van der Waals surface area contributed by atoms with Crippen LogP contribution in [0.1, 0.15) is 13.3 Å². The van der Waals surface area contributed by atoms with Crippen molar-refractivity contribution >= 4 is 34.1 Å². The number of amides is 1. The lowest BCUT2D eigenvalue weighted by Crippen LogP contribution is -2.10. The molecule has 4 nitrogen and oxygen atoms in total. The van der Waals surface area contributed by atoms with Gasteiger partial charge < -0.3 is 5.32 Å². The number of hydrogen-bond donors (Lipinski definition) is 1. The largest absolute Gasteiger partial charge is 0.311 e. The maximum Gasteiger partial charge on any atom is 0.225 e. The van der Waals surface area contributed by atoms with E-state index in [4.69, 9.17) is 11.6 Å². The fourth-order valence-corrected chi connectivity index (χ4v) is 1.48. The van der Waals surface area contributed by atoms with Gasteiger partial charge in [-0.15, -0.1) is 0 Å². The highest BCUT2D eigenvalue weighted by Crippen LogP contribution is 2.18. The van der Waals surface area contributed by atoms with E-state index in [0.717, 1.165) is 10.8 Å². The molecule has 1 amide bonds. The molecule has 0 fully saturated rings. The second kappa shape index (κ2) is 4.45. The molecule has 82 valence electrons. The number of halogens is 1. The Balaban J connectivity index is 2.37. The highest BCUT2D eigenvalue weighted by molar-refractivity contribution is 6.30. The summed E-state index contributed by atoms with van der Waals surface area (Å²) in [6.07, 6.45) is 3.74. The third kappa shape index (κ3) is 2.28. The van der Waals surface area contributed by atoms with Crippen LogP contribution in [0.5, 0.6) is 0 Å². The summed E-state index contributed by atoms with van der Waals surface area (Å²) in [7, 11) is 0. The standard InChI is InChI=1S/C11H10ClN3O/c1-2-11(16)15-10-4-8-5-13-9(12)3-7(8)6-14-10/h3-6H,2H2,1H3,(H,14,15,16). The summed E-state index contributed by atoms with van der Waals surface area (Å²) >= 11 is 5.76. The number of carbonyl (C=O) groups excluding carboxylic acids is 1. The Labute approximate surface area is 97.7 Å². The quantitative estimate of drug-likeness (QED) is 0.815. The summed E-state index contributed by atoms with van der Waals surface area (Å²) in [6, 6.07) is 3.50. The highest BCUT2D eigenvalue weighted by Gasteiger charge is 2.02. The second-order valence-corrected chi connectivity index (χ2v) is 3.71. The zero-order chi connectivity index (χ0) is 11.5. The number of anilines is 1. The molecule has 5 heteroatoms. The molecule has 0 bridgehead atoms. The van der Waals surface area contributed by atoms with E-state index < -0.39 is 0 Å².